The molecule has 3 nitrogen and oxygen atoms in total. The Morgan fingerprint density at radius 3 is 2.82 bits per heavy atom. The van der Waals surface area contributed by atoms with E-state index < -0.39 is 5.91 Å². The highest BCUT2D eigenvalue weighted by atomic mass is 19.1. The summed E-state index contributed by atoms with van der Waals surface area (Å²) >= 11 is 0. The first-order valence-electron chi connectivity index (χ1n) is 5.90. The Bertz CT molecular complexity index is 393. The Morgan fingerprint density at radius 2 is 2.24 bits per heavy atom. The van der Waals surface area contributed by atoms with Crippen LogP contribution in [-0.4, -0.2) is 11.9 Å². The van der Waals surface area contributed by atoms with Gasteiger partial charge < -0.3 is 11.1 Å². The van der Waals surface area contributed by atoms with Crippen LogP contribution in [-0.2, 0) is 0 Å². The molecule has 4 heteroatoms. The van der Waals surface area contributed by atoms with Gasteiger partial charge >= 0.3 is 0 Å². The van der Waals surface area contributed by atoms with E-state index in [0.29, 0.717) is 11.3 Å². The zero-order chi connectivity index (χ0) is 12.8. The molecule has 94 valence electrons. The molecule has 1 rings (SSSR count). The fourth-order valence-corrected chi connectivity index (χ4v) is 1.64. The lowest BCUT2D eigenvalue weighted by Gasteiger charge is -2.15. The second-order valence-electron chi connectivity index (χ2n) is 4.25. The summed E-state index contributed by atoms with van der Waals surface area (Å²) in [6.07, 6.45) is 3.16. The van der Waals surface area contributed by atoms with Crippen LogP contribution < -0.4 is 11.1 Å². The molecule has 0 saturated carbocycles. The van der Waals surface area contributed by atoms with E-state index in [1.165, 1.54) is 18.2 Å². The van der Waals surface area contributed by atoms with Crippen molar-refractivity contribution in [2.24, 2.45) is 5.73 Å². The summed E-state index contributed by atoms with van der Waals surface area (Å²) in [5.41, 5.74) is 5.81. The monoisotopic (exact) mass is 238 g/mol. The number of halogens is 1. The van der Waals surface area contributed by atoms with Crippen molar-refractivity contribution in [3.63, 3.8) is 0 Å². The SMILES string of the molecule is CCCCC(C)Nc1cc(C(N)=O)ccc1F. The van der Waals surface area contributed by atoms with E-state index in [2.05, 4.69) is 12.2 Å². The molecular formula is C13H19FN2O. The maximum atomic E-state index is 13.5. The van der Waals surface area contributed by atoms with Crippen LogP contribution in [0, 0.1) is 5.82 Å². The molecule has 0 fully saturated rings. The Kier molecular flexibility index (Phi) is 4.94. The van der Waals surface area contributed by atoms with Gasteiger partial charge in [0.2, 0.25) is 5.91 Å². The molecule has 1 aromatic carbocycles. The normalized spacial score (nSPS) is 12.2. The molecular weight excluding hydrogens is 219 g/mol. The van der Waals surface area contributed by atoms with E-state index in [1.807, 2.05) is 6.92 Å². The van der Waals surface area contributed by atoms with E-state index in [1.54, 1.807) is 0 Å². The molecule has 0 spiro atoms. The molecule has 0 aromatic heterocycles. The van der Waals surface area contributed by atoms with Crippen molar-refractivity contribution in [3.05, 3.63) is 29.6 Å². The van der Waals surface area contributed by atoms with Crippen LogP contribution in [0.25, 0.3) is 0 Å². The number of carbonyl (C=O) groups excluding carboxylic acids is 1. The summed E-state index contributed by atoms with van der Waals surface area (Å²) < 4.78 is 13.5. The Labute approximate surface area is 101 Å². The highest BCUT2D eigenvalue weighted by molar-refractivity contribution is 5.93. The van der Waals surface area contributed by atoms with Crippen LogP contribution >= 0.6 is 0 Å². The Balaban J connectivity index is 2.75. The molecule has 1 unspecified atom stereocenters. The number of unbranched alkanes of at least 4 members (excludes halogenated alkanes) is 1. The van der Waals surface area contributed by atoms with Gasteiger partial charge in [0.25, 0.3) is 0 Å². The molecule has 3 N–H and O–H groups in total. The van der Waals surface area contributed by atoms with E-state index in [-0.39, 0.29) is 11.9 Å². The maximum Gasteiger partial charge on any atom is 0.248 e. The van der Waals surface area contributed by atoms with Gasteiger partial charge in [-0.05, 0) is 31.5 Å². The van der Waals surface area contributed by atoms with E-state index in [0.717, 1.165) is 19.3 Å². The van der Waals surface area contributed by atoms with Crippen molar-refractivity contribution in [1.29, 1.82) is 0 Å². The lowest BCUT2D eigenvalue weighted by molar-refractivity contribution is 0.100. The summed E-state index contributed by atoms with van der Waals surface area (Å²) in [7, 11) is 0. The zero-order valence-corrected chi connectivity index (χ0v) is 10.3. The van der Waals surface area contributed by atoms with E-state index in [9.17, 15) is 9.18 Å². The summed E-state index contributed by atoms with van der Waals surface area (Å²) in [6, 6.07) is 4.28. The number of benzene rings is 1. The predicted octanol–water partition coefficient (Wildman–Crippen LogP) is 2.92. The van der Waals surface area contributed by atoms with Gasteiger partial charge in [0.15, 0.2) is 0 Å². The lowest BCUT2D eigenvalue weighted by Crippen LogP contribution is -2.17. The minimum atomic E-state index is -0.547. The molecule has 0 aliphatic carbocycles. The summed E-state index contributed by atoms with van der Waals surface area (Å²) in [5, 5.41) is 3.06. The number of carbonyl (C=O) groups is 1. The molecule has 17 heavy (non-hydrogen) atoms. The van der Waals surface area contributed by atoms with Crippen LogP contribution in [0.15, 0.2) is 18.2 Å². The number of hydrogen-bond donors (Lipinski definition) is 2. The van der Waals surface area contributed by atoms with Gasteiger partial charge in [-0.25, -0.2) is 4.39 Å². The second-order valence-corrected chi connectivity index (χ2v) is 4.25. The average molecular weight is 238 g/mol. The van der Waals surface area contributed by atoms with Gasteiger partial charge in [0.1, 0.15) is 5.82 Å². The zero-order valence-electron chi connectivity index (χ0n) is 10.3. The first-order chi connectivity index (χ1) is 8.04. The van der Waals surface area contributed by atoms with Crippen molar-refractivity contribution in [2.75, 3.05) is 5.32 Å². The molecule has 1 atom stereocenters. The van der Waals surface area contributed by atoms with Gasteiger partial charge in [-0.2, -0.15) is 0 Å². The quantitative estimate of drug-likeness (QED) is 0.800. The highest BCUT2D eigenvalue weighted by Crippen LogP contribution is 2.18. The molecule has 0 radical (unpaired) electrons. The first-order valence-corrected chi connectivity index (χ1v) is 5.90. The highest BCUT2D eigenvalue weighted by Gasteiger charge is 2.09. The molecule has 0 bridgehead atoms. The van der Waals surface area contributed by atoms with E-state index >= 15 is 0 Å². The molecule has 1 aromatic rings. The van der Waals surface area contributed by atoms with Gasteiger partial charge in [-0.1, -0.05) is 19.8 Å². The predicted molar refractivity (Wildman–Crippen MR) is 67.5 cm³/mol. The minimum Gasteiger partial charge on any atom is -0.380 e. The molecule has 0 heterocycles. The van der Waals surface area contributed by atoms with Crippen LogP contribution in [0.1, 0.15) is 43.5 Å². The third-order valence-electron chi connectivity index (χ3n) is 2.64. The van der Waals surface area contributed by atoms with Crippen LogP contribution in [0.2, 0.25) is 0 Å². The summed E-state index contributed by atoms with van der Waals surface area (Å²) in [6.45, 7) is 4.10. The number of primary amides is 1. The third kappa shape index (κ3) is 4.06. The Hall–Kier alpha value is -1.58. The fraction of sp³-hybridized carbons (Fsp3) is 0.462. The number of rotatable bonds is 6. The van der Waals surface area contributed by atoms with Crippen molar-refractivity contribution in [1.82, 2.24) is 0 Å². The molecule has 1 amide bonds. The number of nitrogens with two attached hydrogens (primary N) is 1. The van der Waals surface area contributed by atoms with Gasteiger partial charge in [0, 0.05) is 11.6 Å². The molecule has 0 aliphatic heterocycles. The van der Waals surface area contributed by atoms with Crippen molar-refractivity contribution in [2.45, 2.75) is 39.2 Å². The number of hydrogen-bond acceptors (Lipinski definition) is 2. The fourth-order valence-electron chi connectivity index (χ4n) is 1.64. The maximum absolute atomic E-state index is 13.5. The lowest BCUT2D eigenvalue weighted by atomic mass is 10.1. The van der Waals surface area contributed by atoms with Crippen molar-refractivity contribution < 1.29 is 9.18 Å². The average Bonchev–Trinajstić information content (AvgIpc) is 2.29. The van der Waals surface area contributed by atoms with Gasteiger partial charge in [-0.15, -0.1) is 0 Å². The van der Waals surface area contributed by atoms with E-state index in [4.69, 9.17) is 5.73 Å². The third-order valence-corrected chi connectivity index (χ3v) is 2.64. The summed E-state index contributed by atoms with van der Waals surface area (Å²) in [4.78, 5) is 11.0. The van der Waals surface area contributed by atoms with Crippen molar-refractivity contribution >= 4 is 11.6 Å². The number of anilines is 1. The first kappa shape index (κ1) is 13.5. The van der Waals surface area contributed by atoms with Crippen LogP contribution in [0.5, 0.6) is 0 Å². The smallest absolute Gasteiger partial charge is 0.248 e. The van der Waals surface area contributed by atoms with Crippen molar-refractivity contribution in [3.8, 4) is 0 Å². The minimum absolute atomic E-state index is 0.174. The number of amides is 1. The van der Waals surface area contributed by atoms with Crippen LogP contribution in [0.4, 0.5) is 10.1 Å². The second kappa shape index (κ2) is 6.23. The Morgan fingerprint density at radius 1 is 1.53 bits per heavy atom. The summed E-state index contributed by atoms with van der Waals surface area (Å²) in [5.74, 6) is -0.910. The topological polar surface area (TPSA) is 55.1 Å². The largest absolute Gasteiger partial charge is 0.380 e. The number of nitrogens with one attached hydrogen (secondary N) is 1. The van der Waals surface area contributed by atoms with Gasteiger partial charge in [-0.3, -0.25) is 4.79 Å². The molecule has 0 aliphatic rings. The standard InChI is InChI=1S/C13H19FN2O/c1-3-4-5-9(2)16-12-8-10(13(15)17)6-7-11(12)14/h6-9,16H,3-5H2,1-2H3,(H2,15,17). The molecule has 0 saturated heterocycles. The van der Waals surface area contributed by atoms with Gasteiger partial charge in [0.05, 0.1) is 5.69 Å². The van der Waals surface area contributed by atoms with Crippen LogP contribution in [0.3, 0.4) is 0 Å².